The van der Waals surface area contributed by atoms with Crippen LogP contribution in [0.3, 0.4) is 0 Å². The van der Waals surface area contributed by atoms with Crippen LogP contribution in [0.2, 0.25) is 0 Å². The molecule has 102 valence electrons. The summed E-state index contributed by atoms with van der Waals surface area (Å²) in [6, 6.07) is 0.644. The Bertz CT molecular complexity index is 170. The van der Waals surface area contributed by atoms with Crippen molar-refractivity contribution in [2.75, 3.05) is 33.5 Å². The second-order valence-electron chi connectivity index (χ2n) is 5.03. The van der Waals surface area contributed by atoms with Crippen LogP contribution < -0.4 is 5.32 Å². The number of rotatable bonds is 10. The van der Waals surface area contributed by atoms with Crippen molar-refractivity contribution in [3.63, 3.8) is 0 Å². The lowest BCUT2D eigenvalue weighted by Gasteiger charge is -2.21. The van der Waals surface area contributed by atoms with Gasteiger partial charge in [-0.3, -0.25) is 0 Å². The van der Waals surface area contributed by atoms with Crippen LogP contribution >= 0.6 is 0 Å². The predicted octanol–water partition coefficient (Wildman–Crippen LogP) is 2.60. The quantitative estimate of drug-likeness (QED) is 0.598. The average molecular weight is 243 g/mol. The zero-order chi connectivity index (χ0) is 12.3. The second-order valence-corrected chi connectivity index (χ2v) is 5.03. The molecule has 3 heteroatoms. The molecule has 1 aliphatic rings. The Morgan fingerprint density at radius 1 is 1.18 bits per heavy atom. The fraction of sp³-hybridized carbons (Fsp3) is 1.00. The molecule has 0 spiro atoms. The zero-order valence-electron chi connectivity index (χ0n) is 11.5. The summed E-state index contributed by atoms with van der Waals surface area (Å²) in [5.41, 5.74) is 0. The highest BCUT2D eigenvalue weighted by atomic mass is 16.5. The van der Waals surface area contributed by atoms with Crippen LogP contribution in [-0.2, 0) is 9.47 Å². The van der Waals surface area contributed by atoms with E-state index < -0.39 is 0 Å². The summed E-state index contributed by atoms with van der Waals surface area (Å²) in [6.45, 7) is 5.53. The first kappa shape index (κ1) is 14.9. The van der Waals surface area contributed by atoms with Crippen LogP contribution in [0, 0.1) is 5.92 Å². The zero-order valence-corrected chi connectivity index (χ0v) is 11.5. The molecule has 0 aromatic heterocycles. The molecule has 1 fully saturated rings. The molecule has 1 rings (SSSR count). The summed E-state index contributed by atoms with van der Waals surface area (Å²) >= 11 is 0. The molecular weight excluding hydrogens is 214 g/mol. The molecule has 1 N–H and O–H groups in total. The third-order valence-electron chi connectivity index (χ3n) is 3.63. The number of ether oxygens (including phenoxy) is 2. The predicted molar refractivity (Wildman–Crippen MR) is 71.4 cm³/mol. The number of nitrogens with one attached hydrogen (secondary N) is 1. The molecule has 1 saturated carbocycles. The molecule has 3 nitrogen and oxygen atoms in total. The van der Waals surface area contributed by atoms with E-state index in [4.69, 9.17) is 9.47 Å². The molecule has 0 saturated heterocycles. The van der Waals surface area contributed by atoms with Gasteiger partial charge < -0.3 is 14.8 Å². The minimum atomic E-state index is 0.644. The van der Waals surface area contributed by atoms with Crippen LogP contribution in [0.25, 0.3) is 0 Å². The van der Waals surface area contributed by atoms with Crippen molar-refractivity contribution in [3.05, 3.63) is 0 Å². The summed E-state index contributed by atoms with van der Waals surface area (Å²) in [5.74, 6) is 0.957. The van der Waals surface area contributed by atoms with E-state index in [0.29, 0.717) is 12.6 Å². The Balaban J connectivity index is 2.08. The van der Waals surface area contributed by atoms with E-state index in [1.165, 1.54) is 32.1 Å². The van der Waals surface area contributed by atoms with Gasteiger partial charge in [0.25, 0.3) is 0 Å². The molecule has 0 aromatic rings. The van der Waals surface area contributed by atoms with E-state index in [1.54, 1.807) is 7.11 Å². The monoisotopic (exact) mass is 243 g/mol. The maximum absolute atomic E-state index is 5.55. The molecule has 0 aromatic carbocycles. The van der Waals surface area contributed by atoms with Gasteiger partial charge in [-0.1, -0.05) is 32.6 Å². The fourth-order valence-electron chi connectivity index (χ4n) is 2.71. The van der Waals surface area contributed by atoms with E-state index in [9.17, 15) is 0 Å². The van der Waals surface area contributed by atoms with Gasteiger partial charge in [-0.05, 0) is 25.3 Å². The van der Waals surface area contributed by atoms with E-state index in [0.717, 1.165) is 32.1 Å². The lowest BCUT2D eigenvalue weighted by Crippen LogP contribution is -2.32. The minimum Gasteiger partial charge on any atom is -0.382 e. The number of hydrogen-bond donors (Lipinski definition) is 1. The van der Waals surface area contributed by atoms with Crippen molar-refractivity contribution in [2.24, 2.45) is 5.92 Å². The van der Waals surface area contributed by atoms with Crippen LogP contribution in [0.1, 0.15) is 45.4 Å². The number of methoxy groups -OCH3 is 1. The Hall–Kier alpha value is -0.120. The smallest absolute Gasteiger partial charge is 0.0700 e. The molecule has 1 atom stereocenters. The summed E-state index contributed by atoms with van der Waals surface area (Å²) < 4.78 is 10.5. The van der Waals surface area contributed by atoms with Gasteiger partial charge in [0.15, 0.2) is 0 Å². The van der Waals surface area contributed by atoms with Crippen molar-refractivity contribution >= 4 is 0 Å². The molecule has 17 heavy (non-hydrogen) atoms. The van der Waals surface area contributed by atoms with Crippen molar-refractivity contribution < 1.29 is 9.47 Å². The molecule has 0 radical (unpaired) electrons. The minimum absolute atomic E-state index is 0.644. The first-order valence-electron chi connectivity index (χ1n) is 7.16. The molecule has 0 bridgehead atoms. The van der Waals surface area contributed by atoms with Gasteiger partial charge in [-0.25, -0.2) is 0 Å². The third-order valence-corrected chi connectivity index (χ3v) is 3.63. The summed E-state index contributed by atoms with van der Waals surface area (Å²) in [7, 11) is 1.71. The van der Waals surface area contributed by atoms with Gasteiger partial charge in [0.05, 0.1) is 13.2 Å². The van der Waals surface area contributed by atoms with Crippen molar-refractivity contribution in [1.82, 2.24) is 5.32 Å². The van der Waals surface area contributed by atoms with E-state index >= 15 is 0 Å². The van der Waals surface area contributed by atoms with Crippen LogP contribution in [0.15, 0.2) is 0 Å². The summed E-state index contributed by atoms with van der Waals surface area (Å²) in [6.07, 6.45) is 8.22. The Labute approximate surface area is 106 Å². The van der Waals surface area contributed by atoms with Gasteiger partial charge in [-0.2, -0.15) is 0 Å². The summed E-state index contributed by atoms with van der Waals surface area (Å²) in [5, 5.41) is 3.59. The maximum Gasteiger partial charge on any atom is 0.0700 e. The highest BCUT2D eigenvalue weighted by Crippen LogP contribution is 2.29. The first-order chi connectivity index (χ1) is 8.36. The van der Waals surface area contributed by atoms with Crippen molar-refractivity contribution in [2.45, 2.75) is 51.5 Å². The van der Waals surface area contributed by atoms with Gasteiger partial charge in [0, 0.05) is 19.8 Å². The van der Waals surface area contributed by atoms with Gasteiger partial charge in [0.1, 0.15) is 0 Å². The number of hydrogen-bond acceptors (Lipinski definition) is 3. The van der Waals surface area contributed by atoms with Crippen LogP contribution in [0.5, 0.6) is 0 Å². The van der Waals surface area contributed by atoms with E-state index in [-0.39, 0.29) is 0 Å². The lowest BCUT2D eigenvalue weighted by atomic mass is 9.96. The Kier molecular flexibility index (Phi) is 8.67. The molecule has 0 amide bonds. The molecule has 0 aliphatic heterocycles. The molecule has 1 unspecified atom stereocenters. The second kappa shape index (κ2) is 9.86. The molecular formula is C14H29NO2. The van der Waals surface area contributed by atoms with Crippen molar-refractivity contribution in [3.8, 4) is 0 Å². The highest BCUT2D eigenvalue weighted by molar-refractivity contribution is 4.75. The van der Waals surface area contributed by atoms with Gasteiger partial charge in [0.2, 0.25) is 0 Å². The standard InChI is InChI=1S/C14H29NO2/c1-3-15-14(8-9-17-11-10-16-2)12-13-6-4-5-7-13/h13-15H,3-12H2,1-2H3. The topological polar surface area (TPSA) is 30.5 Å². The fourth-order valence-corrected chi connectivity index (χ4v) is 2.71. The largest absolute Gasteiger partial charge is 0.382 e. The Morgan fingerprint density at radius 2 is 1.94 bits per heavy atom. The third kappa shape index (κ3) is 7.02. The normalized spacial score (nSPS) is 18.7. The van der Waals surface area contributed by atoms with Crippen molar-refractivity contribution in [1.29, 1.82) is 0 Å². The maximum atomic E-state index is 5.55. The van der Waals surface area contributed by atoms with Crippen LogP contribution in [-0.4, -0.2) is 39.5 Å². The lowest BCUT2D eigenvalue weighted by molar-refractivity contribution is 0.0648. The van der Waals surface area contributed by atoms with Gasteiger partial charge >= 0.3 is 0 Å². The SMILES string of the molecule is CCNC(CCOCCOC)CC1CCCC1. The Morgan fingerprint density at radius 3 is 2.59 bits per heavy atom. The van der Waals surface area contributed by atoms with E-state index in [1.807, 2.05) is 0 Å². The average Bonchev–Trinajstić information content (AvgIpc) is 2.82. The molecule has 0 heterocycles. The highest BCUT2D eigenvalue weighted by Gasteiger charge is 2.19. The first-order valence-corrected chi connectivity index (χ1v) is 7.16. The van der Waals surface area contributed by atoms with Gasteiger partial charge in [-0.15, -0.1) is 0 Å². The summed E-state index contributed by atoms with van der Waals surface area (Å²) in [4.78, 5) is 0. The van der Waals surface area contributed by atoms with E-state index in [2.05, 4.69) is 12.2 Å². The van der Waals surface area contributed by atoms with Crippen LogP contribution in [0.4, 0.5) is 0 Å². The molecule has 1 aliphatic carbocycles.